The molecule has 0 unspecified atom stereocenters. The van der Waals surface area contributed by atoms with Crippen LogP contribution in [0.15, 0.2) is 30.6 Å². The maximum Gasteiger partial charge on any atom is 0.426 e. The number of halogens is 4. The van der Waals surface area contributed by atoms with Crippen LogP contribution in [0.2, 0.25) is 0 Å². The summed E-state index contributed by atoms with van der Waals surface area (Å²) in [5.41, 5.74) is -2.76. The van der Waals surface area contributed by atoms with Gasteiger partial charge < -0.3 is 14.6 Å². The van der Waals surface area contributed by atoms with Crippen molar-refractivity contribution in [3.8, 4) is 11.4 Å². The fourth-order valence-corrected chi connectivity index (χ4v) is 3.45. The second-order valence-corrected chi connectivity index (χ2v) is 7.22. The van der Waals surface area contributed by atoms with Crippen LogP contribution in [0.4, 0.5) is 17.6 Å². The van der Waals surface area contributed by atoms with Crippen molar-refractivity contribution in [2.45, 2.75) is 38.1 Å². The number of piperidine rings is 1. The summed E-state index contributed by atoms with van der Waals surface area (Å²) in [5.74, 6) is -1.43. The van der Waals surface area contributed by atoms with Crippen LogP contribution in [0, 0.1) is 11.7 Å². The van der Waals surface area contributed by atoms with Crippen molar-refractivity contribution < 1.29 is 27.5 Å². The number of amides is 1. The second-order valence-electron chi connectivity index (χ2n) is 7.22. The Hall–Kier alpha value is -2.49. The summed E-state index contributed by atoms with van der Waals surface area (Å²) in [5, 5.41) is 17.6. The van der Waals surface area contributed by atoms with Gasteiger partial charge in [0.25, 0.3) is 5.91 Å². The summed E-state index contributed by atoms with van der Waals surface area (Å²) < 4.78 is 53.8. The van der Waals surface area contributed by atoms with E-state index in [2.05, 4.69) is 10.2 Å². The van der Waals surface area contributed by atoms with Gasteiger partial charge in [-0.2, -0.15) is 13.2 Å². The summed E-state index contributed by atoms with van der Waals surface area (Å²) in [6.07, 6.45) is -3.16. The first-order valence-electron chi connectivity index (χ1n) is 8.76. The number of aliphatic hydroxyl groups is 1. The Morgan fingerprint density at radius 2 is 1.89 bits per heavy atom. The number of aromatic nitrogens is 3. The molecule has 0 radical (unpaired) electrons. The van der Waals surface area contributed by atoms with Gasteiger partial charge in [0.15, 0.2) is 5.82 Å². The zero-order chi connectivity index (χ0) is 20.7. The number of carbonyl (C=O) groups excluding carboxylic acids is 1. The minimum atomic E-state index is -5.05. The highest BCUT2D eigenvalue weighted by Gasteiger charge is 2.57. The van der Waals surface area contributed by atoms with E-state index in [0.29, 0.717) is 24.7 Å². The molecule has 0 saturated carbocycles. The quantitative estimate of drug-likeness (QED) is 0.805. The molecule has 10 heteroatoms. The Morgan fingerprint density at radius 1 is 1.25 bits per heavy atom. The summed E-state index contributed by atoms with van der Waals surface area (Å²) in [6, 6.07) is 5.59. The Bertz CT molecular complexity index is 848. The van der Waals surface area contributed by atoms with Gasteiger partial charge in [0.1, 0.15) is 12.1 Å². The number of carbonyl (C=O) groups is 1. The molecular formula is C18H20F4N4O2. The molecule has 1 aromatic carbocycles. The van der Waals surface area contributed by atoms with Crippen LogP contribution < -0.4 is 0 Å². The summed E-state index contributed by atoms with van der Waals surface area (Å²) in [4.78, 5) is 13.3. The molecule has 1 saturated heterocycles. The molecule has 2 heterocycles. The summed E-state index contributed by atoms with van der Waals surface area (Å²) >= 11 is 0. The number of alkyl halides is 3. The van der Waals surface area contributed by atoms with E-state index in [1.165, 1.54) is 18.5 Å². The van der Waals surface area contributed by atoms with E-state index in [1.54, 1.807) is 23.6 Å². The van der Waals surface area contributed by atoms with Gasteiger partial charge in [-0.05, 0) is 43.5 Å². The van der Waals surface area contributed by atoms with E-state index in [1.807, 2.05) is 0 Å². The lowest BCUT2D eigenvalue weighted by atomic mass is 9.91. The second kappa shape index (κ2) is 7.16. The minimum Gasteiger partial charge on any atom is -0.373 e. The van der Waals surface area contributed by atoms with E-state index >= 15 is 0 Å². The molecule has 3 rings (SSSR count). The standard InChI is InChI=1S/C18H20F4N4O2/c1-11-9-25(16(27)17(2,28)18(20,21)22)8-7-14(11)26-10-23-24-15(26)12-3-5-13(19)6-4-12/h3-6,10-11,14,28H,7-9H2,1-2H3/t11-,14+,17-/m1/s1. The highest BCUT2D eigenvalue weighted by molar-refractivity contribution is 5.85. The van der Waals surface area contributed by atoms with Crippen LogP contribution in [0.25, 0.3) is 11.4 Å². The average Bonchev–Trinajstić information content (AvgIpc) is 3.10. The van der Waals surface area contributed by atoms with Crippen LogP contribution >= 0.6 is 0 Å². The number of likely N-dealkylation sites (tertiary alicyclic amines) is 1. The van der Waals surface area contributed by atoms with E-state index in [-0.39, 0.29) is 30.9 Å². The van der Waals surface area contributed by atoms with E-state index in [4.69, 9.17) is 0 Å². The highest BCUT2D eigenvalue weighted by atomic mass is 19.4. The van der Waals surface area contributed by atoms with Crippen molar-refractivity contribution >= 4 is 5.91 Å². The van der Waals surface area contributed by atoms with Crippen molar-refractivity contribution in [3.05, 3.63) is 36.4 Å². The largest absolute Gasteiger partial charge is 0.426 e. The molecule has 28 heavy (non-hydrogen) atoms. The predicted octanol–water partition coefficient (Wildman–Crippen LogP) is 2.81. The first-order chi connectivity index (χ1) is 13.0. The fourth-order valence-electron chi connectivity index (χ4n) is 3.45. The Labute approximate surface area is 158 Å². The SMILES string of the molecule is C[C@@H]1CN(C(=O)[C@@](C)(O)C(F)(F)F)CC[C@@H]1n1cnnc1-c1ccc(F)cc1. The Kier molecular flexibility index (Phi) is 5.18. The highest BCUT2D eigenvalue weighted by Crippen LogP contribution is 2.36. The molecule has 152 valence electrons. The number of hydrogen-bond acceptors (Lipinski definition) is 4. The van der Waals surface area contributed by atoms with Gasteiger partial charge in [0, 0.05) is 24.7 Å². The third kappa shape index (κ3) is 3.60. The van der Waals surface area contributed by atoms with Gasteiger partial charge in [-0.25, -0.2) is 4.39 Å². The van der Waals surface area contributed by atoms with Gasteiger partial charge in [0.05, 0.1) is 0 Å². The number of nitrogens with zero attached hydrogens (tertiary/aromatic N) is 4. The molecule has 2 aromatic rings. The zero-order valence-corrected chi connectivity index (χ0v) is 15.3. The average molecular weight is 400 g/mol. The Balaban J connectivity index is 1.78. The van der Waals surface area contributed by atoms with Crippen molar-refractivity contribution in [2.75, 3.05) is 13.1 Å². The smallest absolute Gasteiger partial charge is 0.373 e. The van der Waals surface area contributed by atoms with Crippen molar-refractivity contribution in [2.24, 2.45) is 5.92 Å². The number of benzene rings is 1. The van der Waals surface area contributed by atoms with Crippen LogP contribution in [0.5, 0.6) is 0 Å². The van der Waals surface area contributed by atoms with Gasteiger partial charge in [0.2, 0.25) is 5.60 Å². The molecule has 1 N–H and O–H groups in total. The predicted molar refractivity (Wildman–Crippen MR) is 91.5 cm³/mol. The molecule has 0 aliphatic carbocycles. The number of hydrogen-bond donors (Lipinski definition) is 1. The molecule has 6 nitrogen and oxygen atoms in total. The minimum absolute atomic E-state index is 0.0523. The molecule has 3 atom stereocenters. The van der Waals surface area contributed by atoms with Gasteiger partial charge >= 0.3 is 6.18 Å². The van der Waals surface area contributed by atoms with Crippen molar-refractivity contribution in [3.63, 3.8) is 0 Å². The molecule has 0 spiro atoms. The molecule has 1 aromatic heterocycles. The maximum absolute atomic E-state index is 13.2. The van der Waals surface area contributed by atoms with Gasteiger partial charge in [-0.1, -0.05) is 6.92 Å². The van der Waals surface area contributed by atoms with Crippen LogP contribution in [0.1, 0.15) is 26.3 Å². The van der Waals surface area contributed by atoms with Crippen molar-refractivity contribution in [1.29, 1.82) is 0 Å². The fraction of sp³-hybridized carbons (Fsp3) is 0.500. The number of rotatable bonds is 3. The lowest BCUT2D eigenvalue weighted by Gasteiger charge is -2.40. The normalized spacial score (nSPS) is 22.8. The first-order valence-corrected chi connectivity index (χ1v) is 8.76. The summed E-state index contributed by atoms with van der Waals surface area (Å²) in [7, 11) is 0. The molecule has 1 aliphatic heterocycles. The lowest BCUT2D eigenvalue weighted by molar-refractivity contribution is -0.251. The van der Waals surface area contributed by atoms with E-state index < -0.39 is 17.7 Å². The molecule has 1 amide bonds. The molecule has 1 fully saturated rings. The lowest BCUT2D eigenvalue weighted by Crippen LogP contribution is -2.58. The first kappa shape index (κ1) is 20.2. The third-order valence-electron chi connectivity index (χ3n) is 5.15. The van der Waals surface area contributed by atoms with Crippen LogP contribution in [-0.4, -0.2) is 55.5 Å². The Morgan fingerprint density at radius 3 is 2.46 bits per heavy atom. The van der Waals surface area contributed by atoms with E-state index in [0.717, 1.165) is 4.90 Å². The topological polar surface area (TPSA) is 71.2 Å². The van der Waals surface area contributed by atoms with E-state index in [9.17, 15) is 27.5 Å². The van der Waals surface area contributed by atoms with Crippen LogP contribution in [0.3, 0.4) is 0 Å². The third-order valence-corrected chi connectivity index (χ3v) is 5.15. The van der Waals surface area contributed by atoms with Crippen molar-refractivity contribution in [1.82, 2.24) is 19.7 Å². The van der Waals surface area contributed by atoms with Crippen LogP contribution in [-0.2, 0) is 4.79 Å². The molecule has 1 aliphatic rings. The molecule has 0 bridgehead atoms. The van der Waals surface area contributed by atoms with Gasteiger partial charge in [-0.15, -0.1) is 10.2 Å². The monoisotopic (exact) mass is 400 g/mol. The maximum atomic E-state index is 13.2. The molecular weight excluding hydrogens is 380 g/mol. The zero-order valence-electron chi connectivity index (χ0n) is 15.3. The van der Waals surface area contributed by atoms with Gasteiger partial charge in [-0.3, -0.25) is 4.79 Å². The summed E-state index contributed by atoms with van der Waals surface area (Å²) in [6.45, 7) is 2.39.